The Balaban J connectivity index is 4.06. The molecular weight excluding hydrogens is 126 g/mol. The molecule has 0 heterocycles. The van der Waals surface area contributed by atoms with E-state index in [-0.39, 0.29) is 11.7 Å². The molecule has 58 valence electrons. The quantitative estimate of drug-likeness (QED) is 0.593. The summed E-state index contributed by atoms with van der Waals surface area (Å²) in [6, 6.07) is 0. The second-order valence-corrected chi connectivity index (χ2v) is 2.69. The van der Waals surface area contributed by atoms with Crippen molar-refractivity contribution in [2.45, 2.75) is 13.8 Å². The Labute approximate surface area is 62.1 Å². The first-order valence-electron chi connectivity index (χ1n) is 3.49. The number of nitrogens with two attached hydrogens (primary N) is 1. The first-order valence-corrected chi connectivity index (χ1v) is 3.49. The number of rotatable bonds is 4. The third kappa shape index (κ3) is 2.31. The fraction of sp³-hybridized carbons (Fsp3) is 0.625. The average Bonchev–Trinajstić information content (AvgIpc) is 1.88. The Kier molecular flexibility index (Phi) is 3.96. The molecule has 0 amide bonds. The number of carbonyl (C=O) groups is 1. The van der Waals surface area contributed by atoms with Crippen LogP contribution in [-0.4, -0.2) is 12.3 Å². The van der Waals surface area contributed by atoms with Crippen molar-refractivity contribution in [3.63, 3.8) is 0 Å². The molecule has 0 bridgehead atoms. The van der Waals surface area contributed by atoms with Gasteiger partial charge >= 0.3 is 0 Å². The molecule has 0 saturated carbocycles. The van der Waals surface area contributed by atoms with Crippen LogP contribution in [0.25, 0.3) is 0 Å². The maximum absolute atomic E-state index is 11.0. The molecule has 0 aromatic carbocycles. The van der Waals surface area contributed by atoms with Crippen LogP contribution in [0.4, 0.5) is 0 Å². The SMILES string of the molecule is C=CC(=O)C(CN)C(C)C. The summed E-state index contributed by atoms with van der Waals surface area (Å²) >= 11 is 0. The fourth-order valence-electron chi connectivity index (χ4n) is 0.868. The van der Waals surface area contributed by atoms with Gasteiger partial charge in [0, 0.05) is 12.5 Å². The molecule has 0 aliphatic rings. The van der Waals surface area contributed by atoms with Crippen molar-refractivity contribution < 1.29 is 4.79 Å². The Morgan fingerprint density at radius 1 is 1.70 bits per heavy atom. The summed E-state index contributed by atoms with van der Waals surface area (Å²) in [6.07, 6.45) is 1.34. The van der Waals surface area contributed by atoms with E-state index >= 15 is 0 Å². The minimum atomic E-state index is -0.0440. The van der Waals surface area contributed by atoms with E-state index < -0.39 is 0 Å². The first kappa shape index (κ1) is 9.37. The number of allylic oxidation sites excluding steroid dienone is 1. The molecule has 0 rings (SSSR count). The van der Waals surface area contributed by atoms with Crippen LogP contribution in [0.5, 0.6) is 0 Å². The molecule has 2 heteroatoms. The molecule has 10 heavy (non-hydrogen) atoms. The molecule has 2 nitrogen and oxygen atoms in total. The molecule has 1 unspecified atom stereocenters. The molecule has 2 N–H and O–H groups in total. The lowest BCUT2D eigenvalue weighted by Crippen LogP contribution is -2.26. The molecule has 0 fully saturated rings. The predicted molar refractivity (Wildman–Crippen MR) is 42.6 cm³/mol. The zero-order valence-electron chi connectivity index (χ0n) is 6.63. The monoisotopic (exact) mass is 141 g/mol. The normalized spacial score (nSPS) is 13.2. The van der Waals surface area contributed by atoms with Gasteiger partial charge in [0.25, 0.3) is 0 Å². The second kappa shape index (κ2) is 4.23. The summed E-state index contributed by atoms with van der Waals surface area (Å²) < 4.78 is 0. The molecule has 1 atom stereocenters. The largest absolute Gasteiger partial charge is 0.330 e. The van der Waals surface area contributed by atoms with Crippen molar-refractivity contribution in [1.82, 2.24) is 0 Å². The summed E-state index contributed by atoms with van der Waals surface area (Å²) in [5, 5.41) is 0. The third-order valence-electron chi connectivity index (χ3n) is 1.63. The van der Waals surface area contributed by atoms with Crippen LogP contribution >= 0.6 is 0 Å². The Hall–Kier alpha value is -0.630. The van der Waals surface area contributed by atoms with Gasteiger partial charge in [0.1, 0.15) is 0 Å². The minimum Gasteiger partial charge on any atom is -0.330 e. The minimum absolute atomic E-state index is 0.0440. The van der Waals surface area contributed by atoms with Crippen molar-refractivity contribution >= 4 is 5.78 Å². The fourth-order valence-corrected chi connectivity index (χ4v) is 0.868. The van der Waals surface area contributed by atoms with Gasteiger partial charge in [-0.05, 0) is 12.0 Å². The summed E-state index contributed by atoms with van der Waals surface area (Å²) in [4.78, 5) is 11.0. The van der Waals surface area contributed by atoms with Crippen molar-refractivity contribution in [3.8, 4) is 0 Å². The molecule has 0 saturated heterocycles. The second-order valence-electron chi connectivity index (χ2n) is 2.69. The van der Waals surface area contributed by atoms with E-state index in [1.165, 1.54) is 6.08 Å². The van der Waals surface area contributed by atoms with E-state index in [1.807, 2.05) is 13.8 Å². The van der Waals surface area contributed by atoms with Gasteiger partial charge in [0.15, 0.2) is 5.78 Å². The smallest absolute Gasteiger partial charge is 0.159 e. The number of carbonyl (C=O) groups excluding carboxylic acids is 1. The van der Waals surface area contributed by atoms with E-state index in [4.69, 9.17) is 5.73 Å². The van der Waals surface area contributed by atoms with Gasteiger partial charge in [-0.3, -0.25) is 4.79 Å². The van der Waals surface area contributed by atoms with Crippen LogP contribution in [-0.2, 0) is 4.79 Å². The molecule has 0 aromatic rings. The molecule has 0 aliphatic heterocycles. The van der Waals surface area contributed by atoms with Gasteiger partial charge in [-0.2, -0.15) is 0 Å². The molecule has 0 aliphatic carbocycles. The van der Waals surface area contributed by atoms with E-state index in [0.717, 1.165) is 0 Å². The van der Waals surface area contributed by atoms with E-state index in [9.17, 15) is 4.79 Å². The van der Waals surface area contributed by atoms with Crippen LogP contribution in [0.15, 0.2) is 12.7 Å². The van der Waals surface area contributed by atoms with Crippen LogP contribution in [0.3, 0.4) is 0 Å². The van der Waals surface area contributed by atoms with Crippen LogP contribution in [0.2, 0.25) is 0 Å². The summed E-state index contributed by atoms with van der Waals surface area (Å²) in [5.74, 6) is 0.325. The molecule has 0 spiro atoms. The summed E-state index contributed by atoms with van der Waals surface area (Å²) in [7, 11) is 0. The Bertz CT molecular complexity index is 129. The number of hydrogen-bond donors (Lipinski definition) is 1. The zero-order chi connectivity index (χ0) is 8.15. The van der Waals surface area contributed by atoms with Crippen molar-refractivity contribution in [2.24, 2.45) is 17.6 Å². The average molecular weight is 141 g/mol. The highest BCUT2D eigenvalue weighted by molar-refractivity contribution is 5.91. The molecule has 0 radical (unpaired) electrons. The van der Waals surface area contributed by atoms with E-state index in [2.05, 4.69) is 6.58 Å². The zero-order valence-corrected chi connectivity index (χ0v) is 6.63. The van der Waals surface area contributed by atoms with Crippen molar-refractivity contribution in [3.05, 3.63) is 12.7 Å². The third-order valence-corrected chi connectivity index (χ3v) is 1.63. The topological polar surface area (TPSA) is 43.1 Å². The van der Waals surface area contributed by atoms with Gasteiger partial charge in [-0.1, -0.05) is 20.4 Å². The van der Waals surface area contributed by atoms with Crippen LogP contribution in [0, 0.1) is 11.8 Å². The summed E-state index contributed by atoms with van der Waals surface area (Å²) in [6.45, 7) is 7.80. The van der Waals surface area contributed by atoms with Crippen molar-refractivity contribution in [1.29, 1.82) is 0 Å². The Morgan fingerprint density at radius 2 is 2.20 bits per heavy atom. The van der Waals surface area contributed by atoms with Crippen LogP contribution in [0.1, 0.15) is 13.8 Å². The number of hydrogen-bond acceptors (Lipinski definition) is 2. The van der Waals surface area contributed by atoms with Gasteiger partial charge in [0.05, 0.1) is 0 Å². The molecule has 0 aromatic heterocycles. The van der Waals surface area contributed by atoms with Gasteiger partial charge in [-0.25, -0.2) is 0 Å². The standard InChI is InChI=1S/C8H15NO/c1-4-8(10)7(5-9)6(2)3/h4,6-7H,1,5,9H2,2-3H3. The lowest BCUT2D eigenvalue weighted by atomic mass is 9.92. The Morgan fingerprint density at radius 3 is 2.30 bits per heavy atom. The van der Waals surface area contributed by atoms with Gasteiger partial charge < -0.3 is 5.73 Å². The predicted octanol–water partition coefficient (Wildman–Crippen LogP) is 0.972. The lowest BCUT2D eigenvalue weighted by Gasteiger charge is -2.14. The van der Waals surface area contributed by atoms with E-state index in [1.54, 1.807) is 0 Å². The highest BCUT2D eigenvalue weighted by Crippen LogP contribution is 2.10. The van der Waals surface area contributed by atoms with Gasteiger partial charge in [-0.15, -0.1) is 0 Å². The van der Waals surface area contributed by atoms with E-state index in [0.29, 0.717) is 12.5 Å². The van der Waals surface area contributed by atoms with Crippen molar-refractivity contribution in [2.75, 3.05) is 6.54 Å². The molecular formula is C8H15NO. The summed E-state index contributed by atoms with van der Waals surface area (Å²) in [5.41, 5.74) is 5.38. The van der Waals surface area contributed by atoms with Gasteiger partial charge in [0.2, 0.25) is 0 Å². The first-order chi connectivity index (χ1) is 4.63. The number of ketones is 1. The maximum Gasteiger partial charge on any atom is 0.159 e. The lowest BCUT2D eigenvalue weighted by molar-refractivity contribution is -0.119. The van der Waals surface area contributed by atoms with Crippen LogP contribution < -0.4 is 5.73 Å². The highest BCUT2D eigenvalue weighted by atomic mass is 16.1. The highest BCUT2D eigenvalue weighted by Gasteiger charge is 2.16. The maximum atomic E-state index is 11.0.